The Morgan fingerprint density at radius 3 is 2.63 bits per heavy atom. The predicted octanol–water partition coefficient (Wildman–Crippen LogP) is 3.57. The highest BCUT2D eigenvalue weighted by molar-refractivity contribution is 6.32. The summed E-state index contributed by atoms with van der Waals surface area (Å²) in [6, 6.07) is 13.4. The number of hydrogen-bond donors (Lipinski definition) is 1. The molecule has 0 bridgehead atoms. The molecule has 0 radical (unpaired) electrons. The van der Waals surface area contributed by atoms with E-state index in [0.717, 1.165) is 11.3 Å². The number of hydrogen-bond acceptors (Lipinski definition) is 3. The number of anilines is 2. The van der Waals surface area contributed by atoms with Gasteiger partial charge in [-0.05, 0) is 35.9 Å². The van der Waals surface area contributed by atoms with Crippen molar-refractivity contribution < 1.29 is 4.74 Å². The third-order valence-electron chi connectivity index (χ3n) is 2.78. The Bertz CT molecular complexity index is 570. The summed E-state index contributed by atoms with van der Waals surface area (Å²) in [6.45, 7) is 0.477. The second-order valence-electron chi connectivity index (χ2n) is 4.54. The maximum atomic E-state index is 6.06. The topological polar surface area (TPSA) is 38.5 Å². The van der Waals surface area contributed by atoms with Crippen LogP contribution in [-0.4, -0.2) is 14.1 Å². The molecule has 0 aliphatic rings. The second kappa shape index (κ2) is 5.85. The van der Waals surface area contributed by atoms with Crippen molar-refractivity contribution in [2.45, 2.75) is 6.61 Å². The van der Waals surface area contributed by atoms with Crippen LogP contribution < -0.4 is 15.4 Å². The van der Waals surface area contributed by atoms with Crippen molar-refractivity contribution in [3.63, 3.8) is 0 Å². The van der Waals surface area contributed by atoms with E-state index >= 15 is 0 Å². The lowest BCUT2D eigenvalue weighted by atomic mass is 10.2. The van der Waals surface area contributed by atoms with E-state index in [1.807, 2.05) is 26.2 Å². The first-order valence-electron chi connectivity index (χ1n) is 6.00. The number of benzene rings is 2. The lowest BCUT2D eigenvalue weighted by Crippen LogP contribution is -2.09. The Balaban J connectivity index is 2.08. The van der Waals surface area contributed by atoms with Gasteiger partial charge in [0.05, 0.1) is 5.02 Å². The number of halogens is 1. The first-order valence-corrected chi connectivity index (χ1v) is 6.38. The summed E-state index contributed by atoms with van der Waals surface area (Å²) in [5.41, 5.74) is 8.51. The zero-order chi connectivity index (χ0) is 13.8. The van der Waals surface area contributed by atoms with Crippen LogP contribution in [0.2, 0.25) is 5.02 Å². The van der Waals surface area contributed by atoms with Crippen LogP contribution in [0, 0.1) is 0 Å². The van der Waals surface area contributed by atoms with Gasteiger partial charge < -0.3 is 15.4 Å². The lowest BCUT2D eigenvalue weighted by molar-refractivity contribution is 0.306. The average Bonchev–Trinajstić information content (AvgIpc) is 2.38. The van der Waals surface area contributed by atoms with Gasteiger partial charge in [-0.25, -0.2) is 0 Å². The van der Waals surface area contributed by atoms with Gasteiger partial charge in [-0.2, -0.15) is 0 Å². The van der Waals surface area contributed by atoms with Crippen LogP contribution in [0.1, 0.15) is 5.56 Å². The van der Waals surface area contributed by atoms with E-state index in [1.165, 1.54) is 0 Å². The Kier molecular flexibility index (Phi) is 4.17. The molecule has 0 saturated heterocycles. The fourth-order valence-electron chi connectivity index (χ4n) is 1.72. The van der Waals surface area contributed by atoms with Crippen LogP contribution in [0.5, 0.6) is 5.75 Å². The summed E-state index contributed by atoms with van der Waals surface area (Å²) >= 11 is 6.06. The zero-order valence-corrected chi connectivity index (χ0v) is 11.8. The van der Waals surface area contributed by atoms with Gasteiger partial charge in [-0.15, -0.1) is 0 Å². The molecule has 2 aromatic rings. The van der Waals surface area contributed by atoms with Gasteiger partial charge >= 0.3 is 0 Å². The number of ether oxygens (including phenoxy) is 1. The van der Waals surface area contributed by atoms with Crippen molar-refractivity contribution in [3.8, 4) is 5.75 Å². The third kappa shape index (κ3) is 3.55. The van der Waals surface area contributed by atoms with Crippen molar-refractivity contribution in [3.05, 3.63) is 53.1 Å². The predicted molar refractivity (Wildman–Crippen MR) is 81.0 cm³/mol. The van der Waals surface area contributed by atoms with Gasteiger partial charge in [-0.1, -0.05) is 23.7 Å². The summed E-state index contributed by atoms with van der Waals surface area (Å²) in [5.74, 6) is 0.645. The fourth-order valence-corrected chi connectivity index (χ4v) is 1.96. The molecule has 0 aliphatic heterocycles. The summed E-state index contributed by atoms with van der Waals surface area (Å²) in [5, 5.41) is 0.531. The summed E-state index contributed by atoms with van der Waals surface area (Å²) < 4.78 is 5.71. The summed E-state index contributed by atoms with van der Waals surface area (Å²) in [4.78, 5) is 2.06. The highest BCUT2D eigenvalue weighted by Crippen LogP contribution is 2.27. The molecule has 2 rings (SSSR count). The molecule has 0 atom stereocenters. The Hall–Kier alpha value is -1.87. The van der Waals surface area contributed by atoms with Gasteiger partial charge in [0.2, 0.25) is 0 Å². The normalized spacial score (nSPS) is 10.3. The molecule has 0 unspecified atom stereocenters. The molecule has 2 N–H and O–H groups in total. The minimum absolute atomic E-state index is 0.477. The van der Waals surface area contributed by atoms with E-state index in [-0.39, 0.29) is 0 Å². The molecular weight excluding hydrogens is 260 g/mol. The maximum Gasteiger partial charge on any atom is 0.138 e. The minimum Gasteiger partial charge on any atom is -0.487 e. The van der Waals surface area contributed by atoms with Crippen LogP contribution in [0.4, 0.5) is 11.4 Å². The Morgan fingerprint density at radius 1 is 1.16 bits per heavy atom. The standard InChI is InChI=1S/C15H17ClN2O/c1-18(2)13-5-3-4-11(8-13)10-19-15-7-6-12(17)9-14(15)16/h3-9H,10,17H2,1-2H3. The van der Waals surface area contributed by atoms with Crippen molar-refractivity contribution in [2.24, 2.45) is 0 Å². The molecule has 2 aromatic carbocycles. The number of nitrogen functional groups attached to an aromatic ring is 1. The quantitative estimate of drug-likeness (QED) is 0.868. The van der Waals surface area contributed by atoms with Crippen LogP contribution in [-0.2, 0) is 6.61 Å². The number of nitrogens with two attached hydrogens (primary N) is 1. The Morgan fingerprint density at radius 2 is 1.95 bits per heavy atom. The monoisotopic (exact) mass is 276 g/mol. The SMILES string of the molecule is CN(C)c1cccc(COc2ccc(N)cc2Cl)c1. The molecular formula is C15H17ClN2O. The number of nitrogens with zero attached hydrogens (tertiary/aromatic N) is 1. The van der Waals surface area contributed by atoms with Crippen molar-refractivity contribution in [1.29, 1.82) is 0 Å². The molecule has 100 valence electrons. The molecule has 0 saturated carbocycles. The van der Waals surface area contributed by atoms with E-state index in [0.29, 0.717) is 23.1 Å². The molecule has 0 fully saturated rings. The lowest BCUT2D eigenvalue weighted by Gasteiger charge is -2.14. The van der Waals surface area contributed by atoms with Crippen LogP contribution in [0.25, 0.3) is 0 Å². The van der Waals surface area contributed by atoms with E-state index in [9.17, 15) is 0 Å². The molecule has 4 heteroatoms. The van der Waals surface area contributed by atoms with Crippen LogP contribution >= 0.6 is 11.6 Å². The van der Waals surface area contributed by atoms with Crippen LogP contribution in [0.3, 0.4) is 0 Å². The van der Waals surface area contributed by atoms with Crippen LogP contribution in [0.15, 0.2) is 42.5 Å². The molecule has 0 amide bonds. The van der Waals surface area contributed by atoms with Crippen molar-refractivity contribution >= 4 is 23.0 Å². The highest BCUT2D eigenvalue weighted by atomic mass is 35.5. The van der Waals surface area contributed by atoms with E-state index in [4.69, 9.17) is 22.1 Å². The fraction of sp³-hybridized carbons (Fsp3) is 0.200. The zero-order valence-electron chi connectivity index (χ0n) is 11.1. The molecule has 0 aromatic heterocycles. The van der Waals surface area contributed by atoms with E-state index in [2.05, 4.69) is 17.0 Å². The van der Waals surface area contributed by atoms with Crippen molar-refractivity contribution in [2.75, 3.05) is 24.7 Å². The van der Waals surface area contributed by atoms with Crippen molar-refractivity contribution in [1.82, 2.24) is 0 Å². The summed E-state index contributed by atoms with van der Waals surface area (Å²) in [6.07, 6.45) is 0. The Labute approximate surface area is 118 Å². The second-order valence-corrected chi connectivity index (χ2v) is 4.95. The van der Waals surface area contributed by atoms with Gasteiger partial charge in [0.1, 0.15) is 12.4 Å². The smallest absolute Gasteiger partial charge is 0.138 e. The van der Waals surface area contributed by atoms with Gasteiger partial charge in [-0.3, -0.25) is 0 Å². The molecule has 0 spiro atoms. The first-order chi connectivity index (χ1) is 9.06. The number of rotatable bonds is 4. The van der Waals surface area contributed by atoms with E-state index in [1.54, 1.807) is 18.2 Å². The first kappa shape index (κ1) is 13.6. The molecule has 19 heavy (non-hydrogen) atoms. The van der Waals surface area contributed by atoms with Gasteiger partial charge in [0.25, 0.3) is 0 Å². The average molecular weight is 277 g/mol. The largest absolute Gasteiger partial charge is 0.487 e. The molecule has 0 heterocycles. The summed E-state index contributed by atoms with van der Waals surface area (Å²) in [7, 11) is 4.02. The molecule has 0 aliphatic carbocycles. The highest BCUT2D eigenvalue weighted by Gasteiger charge is 2.03. The van der Waals surface area contributed by atoms with Gasteiger partial charge in [0, 0.05) is 25.5 Å². The minimum atomic E-state index is 0.477. The maximum absolute atomic E-state index is 6.06. The third-order valence-corrected chi connectivity index (χ3v) is 3.07. The molecule has 3 nitrogen and oxygen atoms in total. The van der Waals surface area contributed by atoms with Gasteiger partial charge in [0.15, 0.2) is 0 Å². The van der Waals surface area contributed by atoms with E-state index < -0.39 is 0 Å².